The van der Waals surface area contributed by atoms with Crippen molar-refractivity contribution in [3.8, 4) is 0 Å². The van der Waals surface area contributed by atoms with Crippen LogP contribution in [0, 0.1) is 0 Å². The van der Waals surface area contributed by atoms with Crippen LogP contribution in [0.3, 0.4) is 0 Å². The minimum atomic E-state index is 0.462. The van der Waals surface area contributed by atoms with E-state index in [9.17, 15) is 0 Å². The van der Waals surface area contributed by atoms with E-state index >= 15 is 0 Å². The fraction of sp³-hybridized carbons (Fsp3) is 0.294. The van der Waals surface area contributed by atoms with E-state index in [0.29, 0.717) is 6.04 Å². The van der Waals surface area contributed by atoms with Crippen LogP contribution in [0.1, 0.15) is 18.1 Å². The minimum Gasteiger partial charge on any atom is -0.311 e. The molecule has 0 aliphatic rings. The quantitative estimate of drug-likeness (QED) is 0.794. The molecule has 2 heteroatoms. The molecule has 0 aliphatic heterocycles. The van der Waals surface area contributed by atoms with Crippen LogP contribution in [0.25, 0.3) is 0 Å². The van der Waals surface area contributed by atoms with Crippen molar-refractivity contribution in [1.82, 2.24) is 10.6 Å². The summed E-state index contributed by atoms with van der Waals surface area (Å²) in [5.41, 5.74) is 2.66. The van der Waals surface area contributed by atoms with Crippen LogP contribution in [0.4, 0.5) is 0 Å². The molecule has 2 N–H and O–H groups in total. The highest BCUT2D eigenvalue weighted by atomic mass is 15.0. The molecule has 0 saturated heterocycles. The molecular formula is C17H22N2. The van der Waals surface area contributed by atoms with Crippen molar-refractivity contribution in [3.05, 3.63) is 71.8 Å². The molecule has 0 heterocycles. The summed E-state index contributed by atoms with van der Waals surface area (Å²) in [6.07, 6.45) is 0. The monoisotopic (exact) mass is 254 g/mol. The first kappa shape index (κ1) is 13.8. The van der Waals surface area contributed by atoms with Crippen molar-refractivity contribution in [2.45, 2.75) is 26.1 Å². The molecular weight excluding hydrogens is 232 g/mol. The molecule has 2 nitrogen and oxygen atoms in total. The maximum Gasteiger partial charge on any atom is 0.0208 e. The van der Waals surface area contributed by atoms with Gasteiger partial charge in [-0.05, 0) is 18.1 Å². The van der Waals surface area contributed by atoms with Gasteiger partial charge in [0.05, 0.1) is 0 Å². The van der Waals surface area contributed by atoms with Crippen molar-refractivity contribution in [3.63, 3.8) is 0 Å². The third-order valence-electron chi connectivity index (χ3n) is 3.12. The molecule has 2 aromatic carbocycles. The van der Waals surface area contributed by atoms with Gasteiger partial charge in [0, 0.05) is 25.7 Å². The molecule has 2 rings (SSSR count). The Morgan fingerprint density at radius 2 is 1.32 bits per heavy atom. The summed E-state index contributed by atoms with van der Waals surface area (Å²) in [7, 11) is 0. The highest BCUT2D eigenvalue weighted by Crippen LogP contribution is 1.99. The van der Waals surface area contributed by atoms with Gasteiger partial charge in [-0.1, -0.05) is 60.7 Å². The second-order valence-corrected chi connectivity index (χ2v) is 4.88. The topological polar surface area (TPSA) is 24.1 Å². The summed E-state index contributed by atoms with van der Waals surface area (Å²) in [5, 5.41) is 7.00. The highest BCUT2D eigenvalue weighted by Gasteiger charge is 2.00. The first-order chi connectivity index (χ1) is 9.34. The van der Waals surface area contributed by atoms with Gasteiger partial charge in [-0.25, -0.2) is 0 Å². The first-order valence-corrected chi connectivity index (χ1v) is 6.86. The lowest BCUT2D eigenvalue weighted by atomic mass is 10.2. The second-order valence-electron chi connectivity index (χ2n) is 4.88. The molecule has 0 fully saturated rings. The van der Waals surface area contributed by atoms with E-state index in [1.807, 2.05) is 12.1 Å². The lowest BCUT2D eigenvalue weighted by Crippen LogP contribution is -2.35. The zero-order valence-electron chi connectivity index (χ0n) is 11.5. The fourth-order valence-corrected chi connectivity index (χ4v) is 1.99. The van der Waals surface area contributed by atoms with Crippen LogP contribution in [0.2, 0.25) is 0 Å². The molecule has 0 aromatic heterocycles. The number of nitrogens with one attached hydrogen (secondary N) is 2. The van der Waals surface area contributed by atoms with Crippen molar-refractivity contribution in [1.29, 1.82) is 0 Å². The summed E-state index contributed by atoms with van der Waals surface area (Å²) in [6, 6.07) is 21.5. The molecule has 0 aliphatic carbocycles. The van der Waals surface area contributed by atoms with Gasteiger partial charge in [0.15, 0.2) is 0 Å². The van der Waals surface area contributed by atoms with E-state index in [0.717, 1.165) is 19.6 Å². The van der Waals surface area contributed by atoms with Gasteiger partial charge in [0.2, 0.25) is 0 Å². The molecule has 0 amide bonds. The molecule has 2 aromatic rings. The predicted octanol–water partition coefficient (Wildman–Crippen LogP) is 2.95. The smallest absolute Gasteiger partial charge is 0.0208 e. The average molecular weight is 254 g/mol. The number of rotatable bonds is 7. The first-order valence-electron chi connectivity index (χ1n) is 6.86. The van der Waals surface area contributed by atoms with Gasteiger partial charge in [-0.2, -0.15) is 0 Å². The normalized spacial score (nSPS) is 12.3. The number of hydrogen-bond donors (Lipinski definition) is 2. The van der Waals surface area contributed by atoms with Gasteiger partial charge >= 0.3 is 0 Å². The van der Waals surface area contributed by atoms with Gasteiger partial charge in [-0.15, -0.1) is 0 Å². The van der Waals surface area contributed by atoms with E-state index in [4.69, 9.17) is 0 Å². The van der Waals surface area contributed by atoms with Gasteiger partial charge in [0.1, 0.15) is 0 Å². The SMILES string of the molecule is C[C@H](CNCc1ccccc1)NCc1ccccc1. The Hall–Kier alpha value is -1.64. The van der Waals surface area contributed by atoms with Crippen LogP contribution >= 0.6 is 0 Å². The summed E-state index contributed by atoms with van der Waals surface area (Å²) in [5.74, 6) is 0. The van der Waals surface area contributed by atoms with E-state index in [1.165, 1.54) is 11.1 Å². The zero-order valence-corrected chi connectivity index (χ0v) is 11.5. The van der Waals surface area contributed by atoms with Crippen molar-refractivity contribution in [2.24, 2.45) is 0 Å². The third-order valence-corrected chi connectivity index (χ3v) is 3.12. The van der Waals surface area contributed by atoms with Crippen LogP contribution in [-0.4, -0.2) is 12.6 Å². The van der Waals surface area contributed by atoms with E-state index in [-0.39, 0.29) is 0 Å². The molecule has 0 saturated carbocycles. The minimum absolute atomic E-state index is 0.462. The van der Waals surface area contributed by atoms with Crippen molar-refractivity contribution < 1.29 is 0 Å². The Labute approximate surface area is 115 Å². The van der Waals surface area contributed by atoms with Crippen LogP contribution < -0.4 is 10.6 Å². The third kappa shape index (κ3) is 5.25. The van der Waals surface area contributed by atoms with E-state index in [1.54, 1.807) is 0 Å². The maximum atomic E-state index is 3.52. The molecule has 1 atom stereocenters. The highest BCUT2D eigenvalue weighted by molar-refractivity contribution is 5.15. The summed E-state index contributed by atoms with van der Waals surface area (Å²) >= 11 is 0. The van der Waals surface area contributed by atoms with Gasteiger partial charge in [0.25, 0.3) is 0 Å². The fourth-order valence-electron chi connectivity index (χ4n) is 1.99. The van der Waals surface area contributed by atoms with Crippen LogP contribution in [-0.2, 0) is 13.1 Å². The Bertz CT molecular complexity index is 453. The Balaban J connectivity index is 1.64. The Morgan fingerprint density at radius 3 is 1.89 bits per heavy atom. The summed E-state index contributed by atoms with van der Waals surface area (Å²) in [6.45, 7) is 5.04. The second kappa shape index (κ2) is 7.72. The standard InChI is InChI=1S/C17H22N2/c1-15(19-14-17-10-6-3-7-11-17)12-18-13-16-8-4-2-5-9-16/h2-11,15,18-19H,12-14H2,1H3/t15-/m1/s1. The zero-order chi connectivity index (χ0) is 13.3. The molecule has 0 unspecified atom stereocenters. The molecule has 100 valence electrons. The summed E-state index contributed by atoms with van der Waals surface area (Å²) in [4.78, 5) is 0. The van der Waals surface area contributed by atoms with Gasteiger partial charge in [-0.3, -0.25) is 0 Å². The number of hydrogen-bond acceptors (Lipinski definition) is 2. The van der Waals surface area contributed by atoms with Crippen LogP contribution in [0.5, 0.6) is 0 Å². The van der Waals surface area contributed by atoms with E-state index in [2.05, 4.69) is 66.1 Å². The largest absolute Gasteiger partial charge is 0.311 e. The Morgan fingerprint density at radius 1 is 0.789 bits per heavy atom. The Kier molecular flexibility index (Phi) is 5.60. The van der Waals surface area contributed by atoms with E-state index < -0.39 is 0 Å². The average Bonchev–Trinajstić information content (AvgIpc) is 2.47. The number of benzene rings is 2. The predicted molar refractivity (Wildman–Crippen MR) is 80.9 cm³/mol. The lowest BCUT2D eigenvalue weighted by molar-refractivity contribution is 0.501. The van der Waals surface area contributed by atoms with Gasteiger partial charge < -0.3 is 10.6 Å². The molecule has 0 bridgehead atoms. The molecule has 0 radical (unpaired) electrons. The molecule has 19 heavy (non-hydrogen) atoms. The van der Waals surface area contributed by atoms with Crippen molar-refractivity contribution >= 4 is 0 Å². The maximum absolute atomic E-state index is 3.52. The molecule has 0 spiro atoms. The summed E-state index contributed by atoms with van der Waals surface area (Å²) < 4.78 is 0. The lowest BCUT2D eigenvalue weighted by Gasteiger charge is -2.14. The van der Waals surface area contributed by atoms with Crippen LogP contribution in [0.15, 0.2) is 60.7 Å². The van der Waals surface area contributed by atoms with Crippen molar-refractivity contribution in [2.75, 3.05) is 6.54 Å².